The molecule has 2 aromatic carbocycles. The highest BCUT2D eigenvalue weighted by molar-refractivity contribution is 5.98. The van der Waals surface area contributed by atoms with Crippen LogP contribution < -0.4 is 11.1 Å². The lowest BCUT2D eigenvalue weighted by Crippen LogP contribution is -2.54. The molecule has 1 amide bonds. The molecule has 0 spiro atoms. The number of carbonyl (C=O) groups excluding carboxylic acids is 1. The summed E-state index contributed by atoms with van der Waals surface area (Å²) in [6.07, 6.45) is 3.18. The molecule has 0 aliphatic heterocycles. The number of halogens is 1. The van der Waals surface area contributed by atoms with Crippen LogP contribution in [0.3, 0.4) is 0 Å². The molecular formula is C16H19ClN2O. The lowest BCUT2D eigenvalue weighted by Gasteiger charge is -2.38. The van der Waals surface area contributed by atoms with Crippen LogP contribution in [-0.4, -0.2) is 18.0 Å². The molecule has 0 heterocycles. The van der Waals surface area contributed by atoms with Crippen LogP contribution in [0.15, 0.2) is 42.5 Å². The number of nitrogens with one attached hydrogen (secondary N) is 1. The first-order valence-corrected chi connectivity index (χ1v) is 6.72. The molecule has 0 radical (unpaired) electrons. The van der Waals surface area contributed by atoms with Crippen molar-refractivity contribution < 1.29 is 4.79 Å². The maximum Gasteiger partial charge on any atom is 0.251 e. The van der Waals surface area contributed by atoms with Crippen molar-refractivity contribution in [2.75, 3.05) is 6.54 Å². The number of benzene rings is 2. The van der Waals surface area contributed by atoms with Crippen LogP contribution in [0.25, 0.3) is 10.8 Å². The summed E-state index contributed by atoms with van der Waals surface area (Å²) in [6.45, 7) is 0.568. The van der Waals surface area contributed by atoms with E-state index in [0.717, 1.165) is 23.6 Å². The summed E-state index contributed by atoms with van der Waals surface area (Å²) >= 11 is 0. The average Bonchev–Trinajstić information content (AvgIpc) is 2.42. The van der Waals surface area contributed by atoms with Crippen LogP contribution in [-0.2, 0) is 0 Å². The first-order valence-electron chi connectivity index (χ1n) is 6.72. The minimum atomic E-state index is -0.174. The van der Waals surface area contributed by atoms with E-state index >= 15 is 0 Å². The van der Waals surface area contributed by atoms with E-state index in [0.29, 0.717) is 12.1 Å². The summed E-state index contributed by atoms with van der Waals surface area (Å²) in [5.41, 5.74) is 6.63. The van der Waals surface area contributed by atoms with E-state index < -0.39 is 0 Å². The SMILES string of the molecule is Cl.NC1(CNC(=O)c2ccc3ccccc3c2)CCC1. The summed E-state index contributed by atoms with van der Waals surface area (Å²) in [5, 5.41) is 5.17. The molecule has 0 bridgehead atoms. The van der Waals surface area contributed by atoms with Crippen molar-refractivity contribution in [3.8, 4) is 0 Å². The Morgan fingerprint density at radius 1 is 1.15 bits per heavy atom. The second-order valence-corrected chi connectivity index (χ2v) is 5.46. The Labute approximate surface area is 125 Å². The molecule has 1 aliphatic carbocycles. The molecule has 0 atom stereocenters. The third-order valence-corrected chi connectivity index (χ3v) is 3.96. The predicted molar refractivity (Wildman–Crippen MR) is 84.3 cm³/mol. The monoisotopic (exact) mass is 290 g/mol. The Balaban J connectivity index is 0.00000147. The minimum absolute atomic E-state index is 0. The molecule has 1 fully saturated rings. The third-order valence-electron chi connectivity index (χ3n) is 3.96. The van der Waals surface area contributed by atoms with Crippen molar-refractivity contribution >= 4 is 29.1 Å². The molecule has 0 unspecified atom stereocenters. The van der Waals surface area contributed by atoms with Crippen LogP contribution in [0.5, 0.6) is 0 Å². The summed E-state index contributed by atoms with van der Waals surface area (Å²) in [7, 11) is 0. The van der Waals surface area contributed by atoms with Gasteiger partial charge in [-0.25, -0.2) is 0 Å². The number of hydrogen-bond donors (Lipinski definition) is 2. The molecule has 3 N–H and O–H groups in total. The topological polar surface area (TPSA) is 55.1 Å². The third kappa shape index (κ3) is 2.94. The van der Waals surface area contributed by atoms with E-state index in [1.165, 1.54) is 6.42 Å². The van der Waals surface area contributed by atoms with Crippen LogP contribution >= 0.6 is 12.4 Å². The zero-order valence-electron chi connectivity index (χ0n) is 11.3. The first kappa shape index (κ1) is 14.8. The summed E-state index contributed by atoms with van der Waals surface area (Å²) in [5.74, 6) is -0.0394. The summed E-state index contributed by atoms with van der Waals surface area (Å²) < 4.78 is 0. The fraction of sp³-hybridized carbons (Fsp3) is 0.312. The number of nitrogens with two attached hydrogens (primary N) is 1. The van der Waals surface area contributed by atoms with Gasteiger partial charge in [0.15, 0.2) is 0 Å². The van der Waals surface area contributed by atoms with E-state index in [2.05, 4.69) is 5.32 Å². The van der Waals surface area contributed by atoms with Crippen molar-refractivity contribution in [2.24, 2.45) is 5.73 Å². The zero-order valence-corrected chi connectivity index (χ0v) is 12.1. The highest BCUT2D eigenvalue weighted by Crippen LogP contribution is 2.28. The number of amides is 1. The molecule has 20 heavy (non-hydrogen) atoms. The second kappa shape index (κ2) is 5.81. The molecule has 1 saturated carbocycles. The molecule has 0 saturated heterocycles. The normalized spacial score (nSPS) is 16.1. The lowest BCUT2D eigenvalue weighted by atomic mass is 9.78. The number of rotatable bonds is 3. The Bertz CT molecular complexity index is 623. The van der Waals surface area contributed by atoms with Gasteiger partial charge in [-0.3, -0.25) is 4.79 Å². The van der Waals surface area contributed by atoms with E-state index in [1.54, 1.807) is 0 Å². The molecular weight excluding hydrogens is 272 g/mol. The van der Waals surface area contributed by atoms with Crippen molar-refractivity contribution in [2.45, 2.75) is 24.8 Å². The van der Waals surface area contributed by atoms with Crippen LogP contribution in [0.4, 0.5) is 0 Å². The minimum Gasteiger partial charge on any atom is -0.350 e. The Morgan fingerprint density at radius 3 is 2.50 bits per heavy atom. The van der Waals surface area contributed by atoms with Gasteiger partial charge in [0.2, 0.25) is 0 Å². The molecule has 106 valence electrons. The Hall–Kier alpha value is -1.58. The van der Waals surface area contributed by atoms with Crippen molar-refractivity contribution in [1.29, 1.82) is 0 Å². The van der Waals surface area contributed by atoms with Crippen molar-refractivity contribution in [3.63, 3.8) is 0 Å². The van der Waals surface area contributed by atoms with E-state index in [1.807, 2.05) is 42.5 Å². The van der Waals surface area contributed by atoms with Crippen LogP contribution in [0, 0.1) is 0 Å². The number of carbonyl (C=O) groups is 1. The summed E-state index contributed by atoms with van der Waals surface area (Å²) in [6, 6.07) is 13.8. The van der Waals surface area contributed by atoms with Gasteiger partial charge in [0.05, 0.1) is 0 Å². The van der Waals surface area contributed by atoms with Crippen LogP contribution in [0.2, 0.25) is 0 Å². The van der Waals surface area contributed by atoms with Gasteiger partial charge in [-0.2, -0.15) is 0 Å². The Morgan fingerprint density at radius 2 is 1.85 bits per heavy atom. The van der Waals surface area contributed by atoms with Gasteiger partial charge < -0.3 is 11.1 Å². The van der Waals surface area contributed by atoms with Gasteiger partial charge in [0.25, 0.3) is 5.91 Å². The largest absolute Gasteiger partial charge is 0.350 e. The van der Waals surface area contributed by atoms with Crippen molar-refractivity contribution in [1.82, 2.24) is 5.32 Å². The standard InChI is InChI=1S/C16H18N2O.ClH/c17-16(8-3-9-16)11-18-15(19)14-7-6-12-4-1-2-5-13(12)10-14;/h1-2,4-7,10H,3,8-9,11,17H2,(H,18,19);1H. The van der Waals surface area contributed by atoms with Crippen LogP contribution in [0.1, 0.15) is 29.6 Å². The smallest absolute Gasteiger partial charge is 0.251 e. The molecule has 3 rings (SSSR count). The second-order valence-electron chi connectivity index (χ2n) is 5.46. The van der Waals surface area contributed by atoms with Gasteiger partial charge in [0, 0.05) is 17.6 Å². The number of hydrogen-bond acceptors (Lipinski definition) is 2. The van der Waals surface area contributed by atoms with Gasteiger partial charge in [-0.1, -0.05) is 30.3 Å². The zero-order chi connectivity index (χ0) is 13.3. The van der Waals surface area contributed by atoms with E-state index in [4.69, 9.17) is 5.73 Å². The maximum atomic E-state index is 12.1. The maximum absolute atomic E-state index is 12.1. The highest BCUT2D eigenvalue weighted by Gasteiger charge is 2.32. The van der Waals surface area contributed by atoms with E-state index in [9.17, 15) is 4.79 Å². The van der Waals surface area contributed by atoms with Crippen molar-refractivity contribution in [3.05, 3.63) is 48.0 Å². The van der Waals surface area contributed by atoms with Gasteiger partial charge in [-0.05, 0) is 42.2 Å². The summed E-state index contributed by atoms with van der Waals surface area (Å²) in [4.78, 5) is 12.1. The van der Waals surface area contributed by atoms with Gasteiger partial charge in [0.1, 0.15) is 0 Å². The van der Waals surface area contributed by atoms with E-state index in [-0.39, 0.29) is 23.9 Å². The molecule has 3 nitrogen and oxygen atoms in total. The highest BCUT2D eigenvalue weighted by atomic mass is 35.5. The van der Waals surface area contributed by atoms with Gasteiger partial charge >= 0.3 is 0 Å². The average molecular weight is 291 g/mol. The lowest BCUT2D eigenvalue weighted by molar-refractivity contribution is 0.0930. The fourth-order valence-electron chi connectivity index (χ4n) is 2.50. The molecule has 2 aromatic rings. The van der Waals surface area contributed by atoms with Gasteiger partial charge in [-0.15, -0.1) is 12.4 Å². The fourth-order valence-corrected chi connectivity index (χ4v) is 2.50. The number of fused-ring (bicyclic) bond motifs is 1. The first-order chi connectivity index (χ1) is 9.16. The molecule has 0 aromatic heterocycles. The molecule has 4 heteroatoms. The Kier molecular flexibility index (Phi) is 4.31. The molecule has 1 aliphatic rings. The quantitative estimate of drug-likeness (QED) is 0.913. The predicted octanol–water partition coefficient (Wildman–Crippen LogP) is 2.87.